The summed E-state index contributed by atoms with van der Waals surface area (Å²) in [6.45, 7) is 4.36. The molecule has 0 N–H and O–H groups in total. The normalized spacial score (nSPS) is 9.90. The molecular formula is C9H11I. The van der Waals surface area contributed by atoms with E-state index in [0.717, 1.165) is 6.42 Å². The van der Waals surface area contributed by atoms with E-state index in [1.165, 1.54) is 14.7 Å². The summed E-state index contributed by atoms with van der Waals surface area (Å²) in [5.41, 5.74) is 2.87. The average molecular weight is 246 g/mol. The Balaban J connectivity index is 3.07. The van der Waals surface area contributed by atoms with Gasteiger partial charge >= 0.3 is 0 Å². The first kappa shape index (κ1) is 8.05. The second-order valence-corrected chi connectivity index (χ2v) is 3.67. The second kappa shape index (κ2) is 3.37. The van der Waals surface area contributed by atoms with E-state index in [9.17, 15) is 0 Å². The molecule has 0 spiro atoms. The molecule has 0 aliphatic rings. The molecule has 1 heteroatoms. The van der Waals surface area contributed by atoms with Gasteiger partial charge in [0.25, 0.3) is 0 Å². The highest BCUT2D eigenvalue weighted by Gasteiger charge is 1.94. The Hall–Kier alpha value is -0.0500. The largest absolute Gasteiger partial charge is 0.0613 e. The number of aryl methyl sites for hydroxylation is 2. The van der Waals surface area contributed by atoms with Crippen molar-refractivity contribution in [1.82, 2.24) is 0 Å². The molecule has 0 aliphatic carbocycles. The van der Waals surface area contributed by atoms with E-state index in [1.807, 2.05) is 0 Å². The van der Waals surface area contributed by atoms with E-state index in [0.29, 0.717) is 0 Å². The summed E-state index contributed by atoms with van der Waals surface area (Å²) in [6.07, 6.45) is 1.14. The summed E-state index contributed by atoms with van der Waals surface area (Å²) in [5.74, 6) is 0. The standard InChI is InChI=1S/C9H11I/c1-3-8-4-5-9(10)6-7(8)2/h4-6H,3H2,1-2H3. The third kappa shape index (κ3) is 1.72. The number of benzene rings is 1. The average Bonchev–Trinajstić information content (AvgIpc) is 1.88. The van der Waals surface area contributed by atoms with Crippen molar-refractivity contribution >= 4 is 22.6 Å². The summed E-state index contributed by atoms with van der Waals surface area (Å²) in [7, 11) is 0. The highest BCUT2D eigenvalue weighted by atomic mass is 127. The van der Waals surface area contributed by atoms with Crippen molar-refractivity contribution in [3.8, 4) is 0 Å². The fourth-order valence-electron chi connectivity index (χ4n) is 1.06. The van der Waals surface area contributed by atoms with Crippen LogP contribution in [-0.2, 0) is 6.42 Å². The third-order valence-electron chi connectivity index (χ3n) is 1.69. The van der Waals surface area contributed by atoms with Gasteiger partial charge in [0.2, 0.25) is 0 Å². The van der Waals surface area contributed by atoms with Crippen molar-refractivity contribution in [2.75, 3.05) is 0 Å². The molecule has 10 heavy (non-hydrogen) atoms. The fraction of sp³-hybridized carbons (Fsp3) is 0.333. The molecule has 1 aromatic rings. The predicted octanol–water partition coefficient (Wildman–Crippen LogP) is 3.16. The Kier molecular flexibility index (Phi) is 2.72. The molecule has 0 saturated heterocycles. The molecule has 0 heterocycles. The third-order valence-corrected chi connectivity index (χ3v) is 2.36. The molecule has 1 rings (SSSR count). The maximum Gasteiger partial charge on any atom is 0.0133 e. The van der Waals surface area contributed by atoms with Gasteiger partial charge < -0.3 is 0 Å². The quantitative estimate of drug-likeness (QED) is 0.667. The number of hydrogen-bond donors (Lipinski definition) is 0. The van der Waals surface area contributed by atoms with E-state index >= 15 is 0 Å². The van der Waals surface area contributed by atoms with Crippen molar-refractivity contribution in [2.45, 2.75) is 20.3 Å². The molecule has 0 saturated carbocycles. The summed E-state index contributed by atoms with van der Waals surface area (Å²) in [6, 6.07) is 6.59. The van der Waals surface area contributed by atoms with Gasteiger partial charge in [-0.2, -0.15) is 0 Å². The molecule has 0 nitrogen and oxygen atoms in total. The Morgan fingerprint density at radius 2 is 2.10 bits per heavy atom. The van der Waals surface area contributed by atoms with Gasteiger partial charge in [0.05, 0.1) is 0 Å². The van der Waals surface area contributed by atoms with Crippen LogP contribution < -0.4 is 0 Å². The summed E-state index contributed by atoms with van der Waals surface area (Å²) >= 11 is 2.34. The fourth-order valence-corrected chi connectivity index (χ4v) is 1.70. The van der Waals surface area contributed by atoms with Crippen LogP contribution in [0, 0.1) is 10.5 Å². The van der Waals surface area contributed by atoms with E-state index in [-0.39, 0.29) is 0 Å². The Bertz CT molecular complexity index is 228. The van der Waals surface area contributed by atoms with E-state index in [1.54, 1.807) is 0 Å². The minimum absolute atomic E-state index is 1.14. The molecule has 0 fully saturated rings. The smallest absolute Gasteiger partial charge is 0.0133 e. The van der Waals surface area contributed by atoms with Crippen LogP contribution in [-0.4, -0.2) is 0 Å². The van der Waals surface area contributed by atoms with Gasteiger partial charge in [-0.05, 0) is 59.2 Å². The number of rotatable bonds is 1. The molecular weight excluding hydrogens is 235 g/mol. The van der Waals surface area contributed by atoms with Crippen LogP contribution in [0.4, 0.5) is 0 Å². The van der Waals surface area contributed by atoms with Gasteiger partial charge in [-0.1, -0.05) is 13.0 Å². The molecule has 0 bridgehead atoms. The first-order chi connectivity index (χ1) is 4.74. The lowest BCUT2D eigenvalue weighted by Crippen LogP contribution is -1.85. The highest BCUT2D eigenvalue weighted by Crippen LogP contribution is 2.12. The molecule has 0 unspecified atom stereocenters. The monoisotopic (exact) mass is 246 g/mol. The maximum absolute atomic E-state index is 2.34. The zero-order chi connectivity index (χ0) is 7.56. The van der Waals surface area contributed by atoms with Crippen LogP contribution >= 0.6 is 22.6 Å². The molecule has 0 amide bonds. The number of hydrogen-bond acceptors (Lipinski definition) is 0. The summed E-state index contributed by atoms with van der Waals surface area (Å²) < 4.78 is 1.33. The SMILES string of the molecule is CCc1ccc(I)cc1C. The molecule has 1 aromatic carbocycles. The van der Waals surface area contributed by atoms with Crippen molar-refractivity contribution in [2.24, 2.45) is 0 Å². The summed E-state index contributed by atoms with van der Waals surface area (Å²) in [5, 5.41) is 0. The van der Waals surface area contributed by atoms with Crippen molar-refractivity contribution in [1.29, 1.82) is 0 Å². The summed E-state index contributed by atoms with van der Waals surface area (Å²) in [4.78, 5) is 0. The molecule has 0 radical (unpaired) electrons. The first-order valence-electron chi connectivity index (χ1n) is 3.49. The van der Waals surface area contributed by atoms with Crippen molar-refractivity contribution < 1.29 is 0 Å². The molecule has 0 aliphatic heterocycles. The van der Waals surface area contributed by atoms with Crippen LogP contribution in [0.2, 0.25) is 0 Å². The van der Waals surface area contributed by atoms with Crippen molar-refractivity contribution in [3.05, 3.63) is 32.9 Å². The van der Waals surface area contributed by atoms with Gasteiger partial charge in [-0.25, -0.2) is 0 Å². The van der Waals surface area contributed by atoms with Crippen LogP contribution in [0.25, 0.3) is 0 Å². The maximum atomic E-state index is 2.34. The zero-order valence-corrected chi connectivity index (χ0v) is 8.47. The second-order valence-electron chi connectivity index (χ2n) is 2.42. The molecule has 0 aromatic heterocycles. The Labute approximate surface area is 75.8 Å². The van der Waals surface area contributed by atoms with Crippen LogP contribution in [0.3, 0.4) is 0 Å². The van der Waals surface area contributed by atoms with E-state index < -0.39 is 0 Å². The Morgan fingerprint density at radius 3 is 2.60 bits per heavy atom. The van der Waals surface area contributed by atoms with Crippen LogP contribution in [0.5, 0.6) is 0 Å². The van der Waals surface area contributed by atoms with Gasteiger partial charge in [0.15, 0.2) is 0 Å². The van der Waals surface area contributed by atoms with Crippen molar-refractivity contribution in [3.63, 3.8) is 0 Å². The highest BCUT2D eigenvalue weighted by molar-refractivity contribution is 14.1. The van der Waals surface area contributed by atoms with Gasteiger partial charge in [0, 0.05) is 3.57 Å². The van der Waals surface area contributed by atoms with E-state index in [2.05, 4.69) is 54.6 Å². The van der Waals surface area contributed by atoms with Gasteiger partial charge in [-0.15, -0.1) is 0 Å². The minimum atomic E-state index is 1.14. The predicted molar refractivity (Wildman–Crippen MR) is 53.3 cm³/mol. The zero-order valence-electron chi connectivity index (χ0n) is 6.32. The molecule has 54 valence electrons. The topological polar surface area (TPSA) is 0 Å². The first-order valence-corrected chi connectivity index (χ1v) is 4.57. The molecule has 0 atom stereocenters. The Morgan fingerprint density at radius 1 is 1.40 bits per heavy atom. The van der Waals surface area contributed by atoms with E-state index in [4.69, 9.17) is 0 Å². The van der Waals surface area contributed by atoms with Gasteiger partial charge in [0.1, 0.15) is 0 Å². The lowest BCUT2D eigenvalue weighted by Gasteiger charge is -2.01. The lowest BCUT2D eigenvalue weighted by molar-refractivity contribution is 1.11. The van der Waals surface area contributed by atoms with Gasteiger partial charge in [-0.3, -0.25) is 0 Å². The number of halogens is 1. The minimum Gasteiger partial charge on any atom is -0.0613 e. The van der Waals surface area contributed by atoms with Crippen LogP contribution in [0.1, 0.15) is 18.1 Å². The van der Waals surface area contributed by atoms with Crippen LogP contribution in [0.15, 0.2) is 18.2 Å². The lowest BCUT2D eigenvalue weighted by atomic mass is 10.1.